The Bertz CT molecular complexity index is 500. The molecular weight excluding hydrogens is 238 g/mol. The molecule has 1 amide bonds. The third kappa shape index (κ3) is 2.20. The first-order valence-corrected chi connectivity index (χ1v) is 7.20. The Morgan fingerprint density at radius 1 is 1.37 bits per heavy atom. The Hall–Kier alpha value is -1.58. The molecule has 1 aromatic heterocycles. The molecule has 2 unspecified atom stereocenters. The normalized spacial score (nSPS) is 26.3. The third-order valence-electron chi connectivity index (χ3n) is 4.61. The minimum Gasteiger partial charge on any atom is -0.397 e. The zero-order chi connectivity index (χ0) is 13.4. The lowest BCUT2D eigenvalue weighted by atomic mass is 9.85. The lowest BCUT2D eigenvalue weighted by molar-refractivity contribution is 0.0689. The van der Waals surface area contributed by atoms with Gasteiger partial charge in [0.2, 0.25) is 0 Å². The smallest absolute Gasteiger partial charge is 0.256 e. The van der Waals surface area contributed by atoms with Gasteiger partial charge in [0.15, 0.2) is 0 Å². The summed E-state index contributed by atoms with van der Waals surface area (Å²) >= 11 is 0. The van der Waals surface area contributed by atoms with Gasteiger partial charge in [-0.1, -0.05) is 12.8 Å². The number of likely N-dealkylation sites (tertiary alicyclic amines) is 1. The number of aryl methyl sites for hydroxylation is 1. The Labute approximate surface area is 114 Å². The highest BCUT2D eigenvalue weighted by Crippen LogP contribution is 2.37. The van der Waals surface area contributed by atoms with Gasteiger partial charge >= 0.3 is 0 Å². The average molecular weight is 259 g/mol. The van der Waals surface area contributed by atoms with Gasteiger partial charge in [0.05, 0.1) is 23.1 Å². The molecule has 2 fully saturated rings. The average Bonchev–Trinajstić information content (AvgIpc) is 2.84. The molecule has 102 valence electrons. The summed E-state index contributed by atoms with van der Waals surface area (Å²) in [5, 5.41) is 0. The van der Waals surface area contributed by atoms with E-state index in [0.717, 1.165) is 25.1 Å². The predicted octanol–water partition coefficient (Wildman–Crippen LogP) is 2.38. The number of fused-ring (bicyclic) bond motifs is 1. The fraction of sp³-hybridized carbons (Fsp3) is 0.600. The number of anilines is 1. The molecule has 0 bridgehead atoms. The molecule has 19 heavy (non-hydrogen) atoms. The van der Waals surface area contributed by atoms with Crippen LogP contribution in [0.5, 0.6) is 0 Å². The van der Waals surface area contributed by atoms with Crippen molar-refractivity contribution in [3.05, 3.63) is 23.5 Å². The molecule has 1 saturated carbocycles. The third-order valence-corrected chi connectivity index (χ3v) is 4.61. The van der Waals surface area contributed by atoms with E-state index in [1.54, 1.807) is 12.3 Å². The zero-order valence-corrected chi connectivity index (χ0v) is 11.4. The van der Waals surface area contributed by atoms with Crippen molar-refractivity contribution in [1.82, 2.24) is 9.88 Å². The second-order valence-corrected chi connectivity index (χ2v) is 5.80. The van der Waals surface area contributed by atoms with Crippen molar-refractivity contribution in [3.63, 3.8) is 0 Å². The van der Waals surface area contributed by atoms with Crippen molar-refractivity contribution in [3.8, 4) is 0 Å². The molecular formula is C15H21N3O. The molecule has 4 nitrogen and oxygen atoms in total. The van der Waals surface area contributed by atoms with Crippen molar-refractivity contribution < 1.29 is 4.79 Å². The second kappa shape index (κ2) is 4.83. The SMILES string of the molecule is Cc1ncc(N)cc1C(=O)N1CCC2CCCCC21. The number of nitrogens with zero attached hydrogens (tertiary/aromatic N) is 2. The van der Waals surface area contributed by atoms with Gasteiger partial charge in [-0.25, -0.2) is 0 Å². The lowest BCUT2D eigenvalue weighted by Gasteiger charge is -2.32. The van der Waals surface area contributed by atoms with E-state index in [0.29, 0.717) is 23.2 Å². The Balaban J connectivity index is 1.85. The number of amides is 1. The lowest BCUT2D eigenvalue weighted by Crippen LogP contribution is -2.39. The molecule has 2 heterocycles. The second-order valence-electron chi connectivity index (χ2n) is 5.80. The summed E-state index contributed by atoms with van der Waals surface area (Å²) in [6, 6.07) is 2.21. The number of hydrogen-bond acceptors (Lipinski definition) is 3. The first kappa shape index (κ1) is 12.5. The number of pyridine rings is 1. The minimum atomic E-state index is 0.117. The molecule has 0 aromatic carbocycles. The highest BCUT2D eigenvalue weighted by Gasteiger charge is 2.38. The molecule has 0 spiro atoms. The fourth-order valence-corrected chi connectivity index (χ4v) is 3.58. The molecule has 1 saturated heterocycles. The molecule has 1 aliphatic carbocycles. The molecule has 2 atom stereocenters. The summed E-state index contributed by atoms with van der Waals surface area (Å²) in [7, 11) is 0. The van der Waals surface area contributed by atoms with Crippen LogP contribution in [0.3, 0.4) is 0 Å². The van der Waals surface area contributed by atoms with Crippen molar-refractivity contribution in [1.29, 1.82) is 0 Å². The first-order chi connectivity index (χ1) is 9.16. The van der Waals surface area contributed by atoms with Crippen LogP contribution < -0.4 is 5.73 Å². The van der Waals surface area contributed by atoms with Crippen LogP contribution >= 0.6 is 0 Å². The maximum atomic E-state index is 12.7. The number of carbonyl (C=O) groups is 1. The van der Waals surface area contributed by atoms with Crippen LogP contribution in [0.15, 0.2) is 12.3 Å². The molecule has 0 radical (unpaired) electrons. The highest BCUT2D eigenvalue weighted by atomic mass is 16.2. The topological polar surface area (TPSA) is 59.2 Å². The number of nitrogens with two attached hydrogens (primary N) is 1. The van der Waals surface area contributed by atoms with Gasteiger partial charge in [-0.05, 0) is 38.2 Å². The molecule has 3 rings (SSSR count). The number of aromatic nitrogens is 1. The molecule has 4 heteroatoms. The van der Waals surface area contributed by atoms with Gasteiger partial charge in [-0.15, -0.1) is 0 Å². The number of hydrogen-bond donors (Lipinski definition) is 1. The van der Waals surface area contributed by atoms with Crippen molar-refractivity contribution in [2.24, 2.45) is 5.92 Å². The first-order valence-electron chi connectivity index (χ1n) is 7.20. The van der Waals surface area contributed by atoms with Crippen molar-refractivity contribution in [2.45, 2.75) is 45.1 Å². The van der Waals surface area contributed by atoms with Gasteiger partial charge in [0.25, 0.3) is 5.91 Å². The van der Waals surface area contributed by atoms with Crippen molar-refractivity contribution in [2.75, 3.05) is 12.3 Å². The standard InChI is InChI=1S/C15H21N3O/c1-10-13(8-12(16)9-17-10)15(19)18-7-6-11-4-2-3-5-14(11)18/h8-9,11,14H,2-7,16H2,1H3. The number of carbonyl (C=O) groups excluding carboxylic acids is 1. The van der Waals surface area contributed by atoms with E-state index < -0.39 is 0 Å². The van der Waals surface area contributed by atoms with E-state index in [2.05, 4.69) is 9.88 Å². The summed E-state index contributed by atoms with van der Waals surface area (Å²) < 4.78 is 0. The summed E-state index contributed by atoms with van der Waals surface area (Å²) in [5.74, 6) is 0.832. The van der Waals surface area contributed by atoms with E-state index in [-0.39, 0.29) is 5.91 Å². The van der Waals surface area contributed by atoms with Crippen LogP contribution in [0.1, 0.15) is 48.2 Å². The van der Waals surface area contributed by atoms with E-state index >= 15 is 0 Å². The fourth-order valence-electron chi connectivity index (χ4n) is 3.58. The molecule has 1 aliphatic heterocycles. The molecule has 2 N–H and O–H groups in total. The summed E-state index contributed by atoms with van der Waals surface area (Å²) in [6.07, 6.45) is 7.78. The largest absolute Gasteiger partial charge is 0.397 e. The maximum Gasteiger partial charge on any atom is 0.256 e. The van der Waals surface area contributed by atoms with E-state index in [9.17, 15) is 4.79 Å². The van der Waals surface area contributed by atoms with Crippen LogP contribution in [0.2, 0.25) is 0 Å². The number of nitrogen functional groups attached to an aromatic ring is 1. The summed E-state index contributed by atoms with van der Waals surface area (Å²) in [6.45, 7) is 2.77. The van der Waals surface area contributed by atoms with Crippen LogP contribution in [0, 0.1) is 12.8 Å². The highest BCUT2D eigenvalue weighted by molar-refractivity contribution is 5.96. The van der Waals surface area contributed by atoms with Gasteiger partial charge in [-0.2, -0.15) is 0 Å². The van der Waals surface area contributed by atoms with Crippen LogP contribution in [-0.4, -0.2) is 28.4 Å². The quantitative estimate of drug-likeness (QED) is 0.842. The predicted molar refractivity (Wildman–Crippen MR) is 74.8 cm³/mol. The van der Waals surface area contributed by atoms with Gasteiger partial charge in [0, 0.05) is 12.6 Å². The summed E-state index contributed by atoms with van der Waals surface area (Å²) in [5.41, 5.74) is 7.77. The minimum absolute atomic E-state index is 0.117. The van der Waals surface area contributed by atoms with E-state index in [1.807, 2.05) is 6.92 Å². The summed E-state index contributed by atoms with van der Waals surface area (Å²) in [4.78, 5) is 19.0. The Morgan fingerprint density at radius 2 is 2.16 bits per heavy atom. The van der Waals surface area contributed by atoms with Crippen LogP contribution in [0.4, 0.5) is 5.69 Å². The van der Waals surface area contributed by atoms with Gasteiger partial charge in [-0.3, -0.25) is 9.78 Å². The van der Waals surface area contributed by atoms with E-state index in [1.165, 1.54) is 19.3 Å². The maximum absolute atomic E-state index is 12.7. The van der Waals surface area contributed by atoms with Gasteiger partial charge < -0.3 is 10.6 Å². The van der Waals surface area contributed by atoms with Gasteiger partial charge in [0.1, 0.15) is 0 Å². The van der Waals surface area contributed by atoms with Crippen LogP contribution in [-0.2, 0) is 0 Å². The van der Waals surface area contributed by atoms with Crippen molar-refractivity contribution >= 4 is 11.6 Å². The molecule has 2 aliphatic rings. The Morgan fingerprint density at radius 3 is 3.00 bits per heavy atom. The molecule has 1 aromatic rings. The Kier molecular flexibility index (Phi) is 3.17. The van der Waals surface area contributed by atoms with E-state index in [4.69, 9.17) is 5.73 Å². The monoisotopic (exact) mass is 259 g/mol. The zero-order valence-electron chi connectivity index (χ0n) is 11.4. The van der Waals surface area contributed by atoms with Crippen LogP contribution in [0.25, 0.3) is 0 Å². The number of rotatable bonds is 1.